The van der Waals surface area contributed by atoms with Gasteiger partial charge in [-0.1, -0.05) is 42.6 Å². The zero-order valence-corrected chi connectivity index (χ0v) is 14.2. The average Bonchev–Trinajstić information content (AvgIpc) is 3.24. The summed E-state index contributed by atoms with van der Waals surface area (Å²) in [5, 5.41) is 13.9. The van der Waals surface area contributed by atoms with E-state index in [0.717, 1.165) is 23.9 Å². The molecule has 0 aromatic carbocycles. The van der Waals surface area contributed by atoms with E-state index >= 15 is 0 Å². The molecule has 8 heteroatoms. The molecule has 2 aromatic rings. The van der Waals surface area contributed by atoms with Gasteiger partial charge in [0, 0.05) is 12.5 Å². The van der Waals surface area contributed by atoms with E-state index in [4.69, 9.17) is 4.52 Å². The van der Waals surface area contributed by atoms with Gasteiger partial charge in [0.2, 0.25) is 16.9 Å². The van der Waals surface area contributed by atoms with Crippen LogP contribution in [0.3, 0.4) is 0 Å². The summed E-state index contributed by atoms with van der Waals surface area (Å²) in [5.74, 6) is 1.83. The van der Waals surface area contributed by atoms with Gasteiger partial charge in [0.15, 0.2) is 0 Å². The van der Waals surface area contributed by atoms with Crippen molar-refractivity contribution in [2.24, 2.45) is 5.92 Å². The third kappa shape index (κ3) is 4.34. The molecule has 1 aliphatic rings. The molecule has 23 heavy (non-hydrogen) atoms. The zero-order chi connectivity index (χ0) is 16.2. The number of amides is 1. The number of thioether (sulfide) groups is 1. The lowest BCUT2D eigenvalue weighted by atomic mass is 10.0. The van der Waals surface area contributed by atoms with Crippen LogP contribution in [0, 0.1) is 12.8 Å². The molecule has 1 saturated carbocycles. The maximum absolute atomic E-state index is 12.1. The molecule has 3 rings (SSSR count). The number of nitrogens with one attached hydrogen (secondary N) is 2. The first kappa shape index (κ1) is 16.0. The van der Waals surface area contributed by atoms with Gasteiger partial charge in [-0.25, -0.2) is 4.98 Å². The van der Waals surface area contributed by atoms with Gasteiger partial charge < -0.3 is 4.52 Å². The molecule has 0 bridgehead atoms. The molecule has 2 heterocycles. The summed E-state index contributed by atoms with van der Waals surface area (Å²) in [4.78, 5) is 16.6. The molecule has 0 spiro atoms. The van der Waals surface area contributed by atoms with E-state index in [9.17, 15) is 4.79 Å². The van der Waals surface area contributed by atoms with Crippen molar-refractivity contribution in [3.8, 4) is 0 Å². The van der Waals surface area contributed by atoms with Crippen LogP contribution in [0.15, 0.2) is 15.7 Å². The van der Waals surface area contributed by atoms with Crippen LogP contribution in [-0.4, -0.2) is 31.5 Å². The summed E-state index contributed by atoms with van der Waals surface area (Å²) in [6, 6.07) is 1.68. The molecule has 0 radical (unpaired) electrons. The summed E-state index contributed by atoms with van der Waals surface area (Å²) in [6.07, 6.45) is 6.14. The Hall–Kier alpha value is -1.83. The second kappa shape index (κ2) is 7.16. The number of carbonyl (C=O) groups is 1. The number of aromatic amines is 1. The number of hydrogen-bond donors (Lipinski definition) is 2. The van der Waals surface area contributed by atoms with E-state index in [1.165, 1.54) is 37.4 Å². The molecule has 1 amide bonds. The second-order valence-corrected chi connectivity index (χ2v) is 7.31. The standard InChI is InChI=1S/C15H21N5O2S/c1-9-7-13(22-20-9)17-14(21)10(2)23-15-16-12(18-19-15)8-11-5-3-4-6-11/h7,10-11H,3-6,8H2,1-2H3,(H,17,21)(H,16,18,19). The van der Waals surface area contributed by atoms with E-state index in [1.807, 2.05) is 6.92 Å². The first-order chi connectivity index (χ1) is 11.1. The van der Waals surface area contributed by atoms with E-state index in [0.29, 0.717) is 11.0 Å². The van der Waals surface area contributed by atoms with Gasteiger partial charge in [0.25, 0.3) is 0 Å². The molecule has 1 unspecified atom stereocenters. The van der Waals surface area contributed by atoms with E-state index in [2.05, 4.69) is 25.7 Å². The van der Waals surface area contributed by atoms with Gasteiger partial charge in [0.05, 0.1) is 10.9 Å². The molecular weight excluding hydrogens is 314 g/mol. The molecule has 2 N–H and O–H groups in total. The molecule has 2 aromatic heterocycles. The molecule has 0 saturated heterocycles. The maximum atomic E-state index is 12.1. The summed E-state index contributed by atoms with van der Waals surface area (Å²) in [7, 11) is 0. The lowest BCUT2D eigenvalue weighted by Gasteiger charge is -2.07. The van der Waals surface area contributed by atoms with Crippen molar-refractivity contribution in [1.82, 2.24) is 20.3 Å². The number of aryl methyl sites for hydroxylation is 1. The molecule has 1 atom stereocenters. The summed E-state index contributed by atoms with van der Waals surface area (Å²) in [6.45, 7) is 3.62. The normalized spacial score (nSPS) is 16.6. The van der Waals surface area contributed by atoms with Crippen LogP contribution in [0.2, 0.25) is 0 Å². The summed E-state index contributed by atoms with van der Waals surface area (Å²) in [5.41, 5.74) is 0.728. The number of nitrogens with zero attached hydrogens (tertiary/aromatic N) is 3. The Morgan fingerprint density at radius 1 is 1.52 bits per heavy atom. The van der Waals surface area contributed by atoms with Crippen molar-refractivity contribution in [1.29, 1.82) is 0 Å². The fourth-order valence-corrected chi connectivity index (χ4v) is 3.51. The van der Waals surface area contributed by atoms with Gasteiger partial charge in [-0.3, -0.25) is 15.2 Å². The highest BCUT2D eigenvalue weighted by Crippen LogP contribution is 2.28. The molecule has 0 aliphatic heterocycles. The smallest absolute Gasteiger partial charge is 0.240 e. The van der Waals surface area contributed by atoms with Crippen LogP contribution in [0.1, 0.15) is 44.1 Å². The van der Waals surface area contributed by atoms with Gasteiger partial charge in [-0.15, -0.1) is 5.10 Å². The first-order valence-corrected chi connectivity index (χ1v) is 8.80. The van der Waals surface area contributed by atoms with Crippen LogP contribution in [0.4, 0.5) is 5.88 Å². The van der Waals surface area contributed by atoms with Crippen molar-refractivity contribution in [3.63, 3.8) is 0 Å². The Kier molecular flexibility index (Phi) is 5.00. The number of hydrogen-bond acceptors (Lipinski definition) is 6. The molecule has 124 valence electrons. The quantitative estimate of drug-likeness (QED) is 0.788. The Balaban J connectivity index is 1.51. The first-order valence-electron chi connectivity index (χ1n) is 7.92. The van der Waals surface area contributed by atoms with E-state index in [-0.39, 0.29) is 11.2 Å². The van der Waals surface area contributed by atoms with Crippen molar-refractivity contribution in [2.45, 2.75) is 56.4 Å². The third-order valence-electron chi connectivity index (χ3n) is 3.99. The topological polar surface area (TPSA) is 96.7 Å². The predicted molar refractivity (Wildman–Crippen MR) is 87.2 cm³/mol. The largest absolute Gasteiger partial charge is 0.338 e. The van der Waals surface area contributed by atoms with Gasteiger partial charge in [-0.2, -0.15) is 0 Å². The summed E-state index contributed by atoms with van der Waals surface area (Å²) < 4.78 is 4.99. The van der Waals surface area contributed by atoms with Crippen LogP contribution < -0.4 is 5.32 Å². The van der Waals surface area contributed by atoms with Crippen molar-refractivity contribution in [2.75, 3.05) is 5.32 Å². The fraction of sp³-hybridized carbons (Fsp3) is 0.600. The number of carbonyl (C=O) groups excluding carboxylic acids is 1. The third-order valence-corrected chi connectivity index (χ3v) is 4.95. The number of H-pyrrole nitrogens is 1. The summed E-state index contributed by atoms with van der Waals surface area (Å²) >= 11 is 1.33. The van der Waals surface area contributed by atoms with Crippen molar-refractivity contribution < 1.29 is 9.32 Å². The highest BCUT2D eigenvalue weighted by molar-refractivity contribution is 8.00. The van der Waals surface area contributed by atoms with Crippen LogP contribution in [-0.2, 0) is 11.2 Å². The van der Waals surface area contributed by atoms with E-state index in [1.54, 1.807) is 13.0 Å². The number of aromatic nitrogens is 4. The van der Waals surface area contributed by atoms with E-state index < -0.39 is 0 Å². The highest BCUT2D eigenvalue weighted by atomic mass is 32.2. The fourth-order valence-electron chi connectivity index (χ4n) is 2.77. The second-order valence-electron chi connectivity index (χ2n) is 6.00. The predicted octanol–water partition coefficient (Wildman–Crippen LogP) is 2.95. The van der Waals surface area contributed by atoms with Crippen molar-refractivity contribution >= 4 is 23.6 Å². The Labute approximate surface area is 139 Å². The highest BCUT2D eigenvalue weighted by Gasteiger charge is 2.20. The Morgan fingerprint density at radius 3 is 3.00 bits per heavy atom. The van der Waals surface area contributed by atoms with Crippen LogP contribution in [0.25, 0.3) is 0 Å². The molecule has 7 nitrogen and oxygen atoms in total. The lowest BCUT2D eigenvalue weighted by Crippen LogP contribution is -2.22. The Bertz CT molecular complexity index is 662. The van der Waals surface area contributed by atoms with Crippen LogP contribution in [0.5, 0.6) is 0 Å². The number of anilines is 1. The minimum atomic E-state index is -0.324. The molecule has 1 fully saturated rings. The van der Waals surface area contributed by atoms with Gasteiger partial charge in [-0.05, 0) is 19.8 Å². The molecule has 1 aliphatic carbocycles. The van der Waals surface area contributed by atoms with Crippen LogP contribution >= 0.6 is 11.8 Å². The average molecular weight is 335 g/mol. The Morgan fingerprint density at radius 2 is 2.30 bits per heavy atom. The lowest BCUT2D eigenvalue weighted by molar-refractivity contribution is -0.115. The monoisotopic (exact) mass is 335 g/mol. The zero-order valence-electron chi connectivity index (χ0n) is 13.3. The van der Waals surface area contributed by atoms with Gasteiger partial charge >= 0.3 is 0 Å². The molecular formula is C15H21N5O2S. The van der Waals surface area contributed by atoms with Crippen molar-refractivity contribution in [3.05, 3.63) is 17.6 Å². The SMILES string of the molecule is Cc1cc(NC(=O)C(C)Sc2n[nH]c(CC3CCCC3)n2)on1. The van der Waals surface area contributed by atoms with Gasteiger partial charge in [0.1, 0.15) is 5.82 Å². The minimum absolute atomic E-state index is 0.159. The maximum Gasteiger partial charge on any atom is 0.240 e. The minimum Gasteiger partial charge on any atom is -0.338 e. The number of rotatable bonds is 6.